The Kier molecular flexibility index (Phi) is 5.91. The van der Waals surface area contributed by atoms with E-state index in [2.05, 4.69) is 4.90 Å². The number of rotatable bonds is 4. The van der Waals surface area contributed by atoms with Crippen molar-refractivity contribution in [2.24, 2.45) is 0 Å². The van der Waals surface area contributed by atoms with Gasteiger partial charge in [0.2, 0.25) is 5.91 Å². The summed E-state index contributed by atoms with van der Waals surface area (Å²) < 4.78 is 5.41. The van der Waals surface area contributed by atoms with E-state index in [1.54, 1.807) is 11.0 Å². The molecule has 3 fully saturated rings. The number of anilines is 1. The minimum Gasteiger partial charge on any atom is -0.378 e. The number of nitrogens with zero attached hydrogens (tertiary/aromatic N) is 3. The normalized spacial score (nSPS) is 21.6. The van der Waals surface area contributed by atoms with Crippen LogP contribution in [0.4, 0.5) is 10.5 Å². The number of carbonyl (C=O) groups excluding carboxylic acids is 3. The summed E-state index contributed by atoms with van der Waals surface area (Å²) in [6, 6.07) is 6.03. The minimum atomic E-state index is -0.387. The van der Waals surface area contributed by atoms with E-state index in [0.29, 0.717) is 18.0 Å². The Morgan fingerprint density at radius 2 is 1.86 bits per heavy atom. The molecule has 8 heteroatoms. The molecule has 1 aromatic rings. The van der Waals surface area contributed by atoms with Crippen molar-refractivity contribution in [1.29, 1.82) is 0 Å². The number of ether oxygens (including phenoxy) is 1. The fraction of sp³-hybridized carbons (Fsp3) is 0.476. The second kappa shape index (κ2) is 8.59. The van der Waals surface area contributed by atoms with Crippen LogP contribution in [0, 0.1) is 6.92 Å². The zero-order chi connectivity index (χ0) is 20.4. The fourth-order valence-electron chi connectivity index (χ4n) is 3.92. The SMILES string of the molecule is Cc1cc(C=C2SC(=O)N(CC(=O)N3CCCC3)C2=O)ccc1N1CCOCC1. The molecule has 0 atom stereocenters. The predicted octanol–water partition coefficient (Wildman–Crippen LogP) is 2.49. The molecular weight excluding hydrogens is 390 g/mol. The Labute approximate surface area is 174 Å². The zero-order valence-electron chi connectivity index (χ0n) is 16.6. The van der Waals surface area contributed by atoms with E-state index in [-0.39, 0.29) is 23.6 Å². The van der Waals surface area contributed by atoms with Crippen LogP contribution >= 0.6 is 11.8 Å². The molecule has 154 valence electrons. The summed E-state index contributed by atoms with van der Waals surface area (Å²) in [5.74, 6) is -0.542. The average molecular weight is 416 g/mol. The molecule has 3 aliphatic heterocycles. The largest absolute Gasteiger partial charge is 0.378 e. The van der Waals surface area contributed by atoms with E-state index < -0.39 is 0 Å². The first-order valence-electron chi connectivity index (χ1n) is 9.99. The van der Waals surface area contributed by atoms with Gasteiger partial charge in [-0.1, -0.05) is 6.07 Å². The van der Waals surface area contributed by atoms with E-state index >= 15 is 0 Å². The minimum absolute atomic E-state index is 0.156. The van der Waals surface area contributed by atoms with Crippen LogP contribution in [0.1, 0.15) is 24.0 Å². The summed E-state index contributed by atoms with van der Waals surface area (Å²) in [5.41, 5.74) is 3.15. The van der Waals surface area contributed by atoms with Gasteiger partial charge in [0.1, 0.15) is 6.54 Å². The Bertz CT molecular complexity index is 857. The van der Waals surface area contributed by atoms with Crippen LogP contribution in [0.3, 0.4) is 0 Å². The third-order valence-corrected chi connectivity index (χ3v) is 6.40. The van der Waals surface area contributed by atoms with Gasteiger partial charge < -0.3 is 14.5 Å². The van der Waals surface area contributed by atoms with E-state index in [0.717, 1.165) is 72.6 Å². The topological polar surface area (TPSA) is 70.2 Å². The number of imide groups is 1. The van der Waals surface area contributed by atoms with Gasteiger partial charge in [-0.05, 0) is 60.9 Å². The highest BCUT2D eigenvalue weighted by Crippen LogP contribution is 2.33. The number of hydrogen-bond donors (Lipinski definition) is 0. The lowest BCUT2D eigenvalue weighted by atomic mass is 10.1. The number of benzene rings is 1. The van der Waals surface area contributed by atoms with E-state index in [9.17, 15) is 14.4 Å². The first kappa shape index (κ1) is 20.0. The molecule has 0 aliphatic carbocycles. The molecule has 3 saturated heterocycles. The maximum Gasteiger partial charge on any atom is 0.294 e. The molecule has 3 heterocycles. The summed E-state index contributed by atoms with van der Waals surface area (Å²) in [7, 11) is 0. The van der Waals surface area contributed by atoms with Gasteiger partial charge in [-0.3, -0.25) is 19.3 Å². The molecular formula is C21H25N3O4S. The Balaban J connectivity index is 1.46. The van der Waals surface area contributed by atoms with Crippen molar-refractivity contribution in [1.82, 2.24) is 9.80 Å². The first-order chi connectivity index (χ1) is 14.0. The molecule has 0 spiro atoms. The third kappa shape index (κ3) is 4.33. The molecule has 0 saturated carbocycles. The van der Waals surface area contributed by atoms with Gasteiger partial charge in [0.15, 0.2) is 0 Å². The lowest BCUT2D eigenvalue weighted by Gasteiger charge is -2.30. The van der Waals surface area contributed by atoms with Crippen LogP contribution in [0.2, 0.25) is 0 Å². The van der Waals surface area contributed by atoms with Crippen LogP contribution in [-0.2, 0) is 14.3 Å². The molecule has 0 aromatic heterocycles. The summed E-state index contributed by atoms with van der Waals surface area (Å²) >= 11 is 0.900. The standard InChI is InChI=1S/C21H25N3O4S/c1-15-12-16(4-5-17(15)22-8-10-28-11-9-22)13-18-20(26)24(21(27)29-18)14-19(25)23-6-2-3-7-23/h4-5,12-13H,2-3,6-11,14H2,1H3. The molecule has 3 amide bonds. The monoisotopic (exact) mass is 415 g/mol. The maximum absolute atomic E-state index is 12.7. The molecule has 7 nitrogen and oxygen atoms in total. The van der Waals surface area contributed by atoms with E-state index in [1.807, 2.05) is 25.1 Å². The van der Waals surface area contributed by atoms with Crippen LogP contribution < -0.4 is 4.90 Å². The van der Waals surface area contributed by atoms with Crippen LogP contribution in [0.5, 0.6) is 0 Å². The van der Waals surface area contributed by atoms with Crippen molar-refractivity contribution in [2.75, 3.05) is 50.8 Å². The van der Waals surface area contributed by atoms with Gasteiger partial charge >= 0.3 is 0 Å². The van der Waals surface area contributed by atoms with E-state index in [1.165, 1.54) is 0 Å². The van der Waals surface area contributed by atoms with Crippen molar-refractivity contribution in [3.8, 4) is 0 Å². The van der Waals surface area contributed by atoms with Crippen molar-refractivity contribution < 1.29 is 19.1 Å². The molecule has 1 aromatic carbocycles. The average Bonchev–Trinajstić information content (AvgIpc) is 3.34. The molecule has 3 aliphatic rings. The van der Waals surface area contributed by atoms with Gasteiger partial charge in [-0.15, -0.1) is 0 Å². The number of morpholine rings is 1. The zero-order valence-corrected chi connectivity index (χ0v) is 17.4. The van der Waals surface area contributed by atoms with Gasteiger partial charge in [0.25, 0.3) is 11.1 Å². The summed E-state index contributed by atoms with van der Waals surface area (Å²) in [5, 5.41) is -0.379. The molecule has 0 bridgehead atoms. The van der Waals surface area contributed by atoms with Crippen molar-refractivity contribution in [2.45, 2.75) is 19.8 Å². The van der Waals surface area contributed by atoms with Crippen LogP contribution in [-0.4, -0.2) is 72.8 Å². The molecule has 0 radical (unpaired) electrons. The van der Waals surface area contributed by atoms with Crippen LogP contribution in [0.15, 0.2) is 23.1 Å². The molecule has 0 unspecified atom stereocenters. The van der Waals surface area contributed by atoms with Crippen molar-refractivity contribution >= 4 is 40.6 Å². The number of likely N-dealkylation sites (tertiary alicyclic amines) is 1. The molecule has 0 N–H and O–H groups in total. The lowest BCUT2D eigenvalue weighted by molar-refractivity contribution is -0.135. The van der Waals surface area contributed by atoms with Gasteiger partial charge in [-0.25, -0.2) is 0 Å². The number of hydrogen-bond acceptors (Lipinski definition) is 6. The number of amides is 3. The molecule has 29 heavy (non-hydrogen) atoms. The van der Waals surface area contributed by atoms with Gasteiger partial charge in [-0.2, -0.15) is 0 Å². The van der Waals surface area contributed by atoms with Gasteiger partial charge in [0, 0.05) is 31.9 Å². The second-order valence-electron chi connectivity index (χ2n) is 7.50. The van der Waals surface area contributed by atoms with Gasteiger partial charge in [0.05, 0.1) is 18.1 Å². The quantitative estimate of drug-likeness (QED) is 0.704. The number of thioether (sulfide) groups is 1. The summed E-state index contributed by atoms with van der Waals surface area (Å²) in [6.07, 6.45) is 3.70. The lowest BCUT2D eigenvalue weighted by Crippen LogP contribution is -2.40. The summed E-state index contributed by atoms with van der Waals surface area (Å²) in [6.45, 7) is 6.47. The Hall–Kier alpha value is -2.32. The number of aryl methyl sites for hydroxylation is 1. The summed E-state index contributed by atoms with van der Waals surface area (Å²) in [4.78, 5) is 42.8. The smallest absolute Gasteiger partial charge is 0.294 e. The second-order valence-corrected chi connectivity index (χ2v) is 8.49. The highest BCUT2D eigenvalue weighted by Gasteiger charge is 2.37. The maximum atomic E-state index is 12.7. The Morgan fingerprint density at radius 1 is 1.14 bits per heavy atom. The Morgan fingerprint density at radius 3 is 2.55 bits per heavy atom. The predicted molar refractivity (Wildman–Crippen MR) is 113 cm³/mol. The van der Waals surface area contributed by atoms with Crippen LogP contribution in [0.25, 0.3) is 6.08 Å². The molecule has 4 rings (SSSR count). The van der Waals surface area contributed by atoms with Crippen molar-refractivity contribution in [3.05, 3.63) is 34.2 Å². The highest BCUT2D eigenvalue weighted by molar-refractivity contribution is 8.18. The fourth-order valence-corrected chi connectivity index (χ4v) is 4.76. The third-order valence-electron chi connectivity index (χ3n) is 5.50. The van der Waals surface area contributed by atoms with Crippen molar-refractivity contribution in [3.63, 3.8) is 0 Å². The van der Waals surface area contributed by atoms with E-state index in [4.69, 9.17) is 4.74 Å². The highest BCUT2D eigenvalue weighted by atomic mass is 32.2. The first-order valence-corrected chi connectivity index (χ1v) is 10.8. The number of carbonyl (C=O) groups is 3.